The zero-order valence-corrected chi connectivity index (χ0v) is 14.7. The molecule has 0 atom stereocenters. The van der Waals surface area contributed by atoms with Crippen LogP contribution in [0.15, 0.2) is 24.3 Å². The largest absolute Gasteiger partial charge is 0.552 e. The molecule has 14 heavy (non-hydrogen) atoms. The van der Waals surface area contributed by atoms with Crippen LogP contribution in [0, 0.1) is 6.92 Å². The lowest BCUT2D eigenvalue weighted by Gasteiger charge is -1.85. The quantitative estimate of drug-likeness (QED) is 0.233. The smallest absolute Gasteiger partial charge is 0.276 e. The molecule has 0 aliphatic heterocycles. The van der Waals surface area contributed by atoms with Crippen LogP contribution in [0.5, 0.6) is 0 Å². The summed E-state index contributed by atoms with van der Waals surface area (Å²) in [4.78, 5) is 0. The second-order valence-electron chi connectivity index (χ2n) is 2.74. The number of halogens is 2. The fraction of sp³-hybridized carbons (Fsp3) is 0.545. The zero-order chi connectivity index (χ0) is 11.1. The van der Waals surface area contributed by atoms with Crippen LogP contribution in [0.3, 0.4) is 0 Å². The molecule has 0 aromatic carbocycles. The first-order valence-electron chi connectivity index (χ1n) is 5.06. The zero-order valence-electron chi connectivity index (χ0n) is 9.02. The van der Waals surface area contributed by atoms with Gasteiger partial charge in [0.1, 0.15) is 0 Å². The summed E-state index contributed by atoms with van der Waals surface area (Å²) in [7, 11) is 0. The molecule has 0 nitrogen and oxygen atoms in total. The Bertz CT molecular complexity index is 133. The first-order valence-corrected chi connectivity index (χ1v) is 15.3. The molecule has 0 aromatic rings. The Labute approximate surface area is 119 Å². The van der Waals surface area contributed by atoms with Crippen molar-refractivity contribution in [2.75, 3.05) is 0 Å². The van der Waals surface area contributed by atoms with Crippen molar-refractivity contribution in [3.8, 4) is 0 Å². The van der Waals surface area contributed by atoms with Gasteiger partial charge in [0.2, 0.25) is 0 Å². The summed E-state index contributed by atoms with van der Waals surface area (Å²) in [6, 6.07) is 0. The van der Waals surface area contributed by atoms with Crippen molar-refractivity contribution < 1.29 is 0 Å². The lowest BCUT2D eigenvalue weighted by atomic mass is 10.2. The van der Waals surface area contributed by atoms with Gasteiger partial charge in [0.15, 0.2) is 0 Å². The lowest BCUT2D eigenvalue weighted by molar-refractivity contribution is 0.815. The van der Waals surface area contributed by atoms with Gasteiger partial charge in [-0.25, -0.2) is 0 Å². The molecule has 0 saturated heterocycles. The van der Waals surface area contributed by atoms with Crippen LogP contribution in [0.25, 0.3) is 0 Å². The molecule has 0 aliphatic rings. The second kappa shape index (κ2) is 20.2. The summed E-state index contributed by atoms with van der Waals surface area (Å²) in [6.45, 7) is 5.97. The third-order valence-electron chi connectivity index (χ3n) is 1.48. The van der Waals surface area contributed by atoms with Gasteiger partial charge in [0, 0.05) is 0 Å². The van der Waals surface area contributed by atoms with E-state index in [4.69, 9.17) is 0 Å². The molecule has 0 heterocycles. The van der Waals surface area contributed by atoms with Crippen molar-refractivity contribution >= 4 is 50.3 Å². The Morgan fingerprint density at radius 2 is 1.64 bits per heavy atom. The van der Waals surface area contributed by atoms with E-state index in [1.165, 1.54) is 19.3 Å². The average molecular weight is 429 g/mol. The van der Waals surface area contributed by atoms with E-state index in [9.17, 15) is 0 Å². The Morgan fingerprint density at radius 3 is 2.07 bits per heavy atom. The van der Waals surface area contributed by atoms with Gasteiger partial charge in [0.05, 0.1) is 0 Å². The number of unbranched alkanes of at least 4 members (excludes halogenated alkanes) is 3. The van der Waals surface area contributed by atoms with Gasteiger partial charge in [-0.05, 0) is 19.3 Å². The summed E-state index contributed by atoms with van der Waals surface area (Å²) in [5.41, 5.74) is 0. The van der Waals surface area contributed by atoms with E-state index in [-0.39, 0.29) is 0 Å². The minimum Gasteiger partial charge on any atom is -0.276 e. The fourth-order valence-corrected chi connectivity index (χ4v) is 0.789. The number of hydrogen-bond acceptors (Lipinski definition) is 0. The third-order valence-corrected chi connectivity index (χ3v) is 1.48. The number of allylic oxidation sites excluding steroid dienone is 4. The van der Waals surface area contributed by atoms with Gasteiger partial charge in [-0.15, -0.1) is 0 Å². The van der Waals surface area contributed by atoms with Crippen molar-refractivity contribution in [2.24, 2.45) is 0 Å². The van der Waals surface area contributed by atoms with E-state index >= 15 is 0 Å². The molecular weight excluding hydrogens is 410 g/mol. The molecule has 0 aromatic heterocycles. The molecule has 0 N–H and O–H groups in total. The molecule has 1 radical (unpaired) electrons. The van der Waals surface area contributed by atoms with Gasteiger partial charge < -0.3 is 0 Å². The number of hydrogen-bond donors (Lipinski definition) is 0. The highest BCUT2D eigenvalue weighted by Crippen LogP contribution is 1.95. The van der Waals surface area contributed by atoms with E-state index in [0.717, 1.165) is 12.8 Å². The molecule has 0 spiro atoms. The van der Waals surface area contributed by atoms with Crippen molar-refractivity contribution in [3.05, 3.63) is 31.2 Å². The molecule has 0 aliphatic carbocycles. The van der Waals surface area contributed by atoms with Gasteiger partial charge in [-0.1, -0.05) is 51.0 Å². The van der Waals surface area contributed by atoms with Crippen LogP contribution in [-0.2, 0) is 0 Å². The van der Waals surface area contributed by atoms with E-state index in [2.05, 4.69) is 75.9 Å². The van der Waals surface area contributed by atoms with Crippen LogP contribution < -0.4 is 0 Å². The highest BCUT2D eigenvalue weighted by Gasteiger charge is 1.75. The van der Waals surface area contributed by atoms with Crippen molar-refractivity contribution in [1.82, 2.24) is 0 Å². The van der Waals surface area contributed by atoms with E-state index < -0.39 is 0 Å². The van der Waals surface area contributed by atoms with E-state index in [1.807, 2.05) is 0 Å². The van der Waals surface area contributed by atoms with E-state index in [1.54, 1.807) is 0 Å². The molecule has 79 valence electrons. The van der Waals surface area contributed by atoms with Crippen LogP contribution >= 0.6 is 37.7 Å². The SMILES string of the molecule is [CH2]CC/C=C/C=C\CCCC.[I][Mg][I]. The first-order chi connectivity index (χ1) is 6.83. The summed E-state index contributed by atoms with van der Waals surface area (Å²) >= 11 is 5.18. The van der Waals surface area contributed by atoms with Gasteiger partial charge in [-0.2, -0.15) is 0 Å². The molecule has 0 fully saturated rings. The Hall–Kier alpha value is 1.71. The fourth-order valence-electron chi connectivity index (χ4n) is 0.789. The predicted octanol–water partition coefficient (Wildman–Crippen LogP) is 5.29. The molecule has 0 amide bonds. The summed E-state index contributed by atoms with van der Waals surface area (Å²) < 4.78 is 0. The standard InChI is InChI=1S/C11H19.2HI.Mg/c1-3-5-7-9-11-10-8-6-4-2;;;/h7,9-11H,1,3-6,8H2,2H3;2*1H;/q;;;+2/p-2/b9-7+,11-10-;;;. The molecule has 0 saturated carbocycles. The molecular formula is C11H19I2Mg. The lowest BCUT2D eigenvalue weighted by Crippen LogP contribution is -1.65. The summed E-state index contributed by atoms with van der Waals surface area (Å²) in [5.74, 6) is 0. The Kier molecular flexibility index (Phi) is 26.0. The van der Waals surface area contributed by atoms with Crippen LogP contribution in [0.1, 0.15) is 39.0 Å². The van der Waals surface area contributed by atoms with Crippen molar-refractivity contribution in [3.63, 3.8) is 0 Å². The summed E-state index contributed by atoms with van der Waals surface area (Å²) in [6.07, 6.45) is 14.5. The first kappa shape index (κ1) is 18.1. The number of rotatable bonds is 6. The minimum absolute atomic E-state index is 0.357. The normalized spacial score (nSPS) is 10.0. The topological polar surface area (TPSA) is 0 Å². The van der Waals surface area contributed by atoms with Gasteiger partial charge in [-0.3, -0.25) is 37.7 Å². The minimum atomic E-state index is 0.357. The van der Waals surface area contributed by atoms with Crippen LogP contribution in [-0.4, -0.2) is 12.6 Å². The highest BCUT2D eigenvalue weighted by atomic mass is 127. The summed E-state index contributed by atoms with van der Waals surface area (Å²) in [5, 5.41) is 0. The third kappa shape index (κ3) is 23.5. The maximum atomic E-state index is 3.76. The van der Waals surface area contributed by atoms with Crippen LogP contribution in [0.2, 0.25) is 0 Å². The predicted molar refractivity (Wildman–Crippen MR) is 86.2 cm³/mol. The van der Waals surface area contributed by atoms with E-state index in [0.29, 0.717) is 12.6 Å². The maximum Gasteiger partial charge on any atom is 0.552 e. The van der Waals surface area contributed by atoms with Crippen molar-refractivity contribution in [2.45, 2.75) is 39.0 Å². The maximum absolute atomic E-state index is 3.76. The van der Waals surface area contributed by atoms with Crippen molar-refractivity contribution in [1.29, 1.82) is 0 Å². The monoisotopic (exact) mass is 429 g/mol. The van der Waals surface area contributed by atoms with Gasteiger partial charge >= 0.3 is 12.6 Å². The average Bonchev–Trinajstić information content (AvgIpc) is 2.18. The van der Waals surface area contributed by atoms with Crippen LogP contribution in [0.4, 0.5) is 0 Å². The van der Waals surface area contributed by atoms with Gasteiger partial charge in [0.25, 0.3) is 0 Å². The molecule has 0 rings (SSSR count). The second-order valence-corrected chi connectivity index (χ2v) is 16.3. The Morgan fingerprint density at radius 1 is 1.14 bits per heavy atom. The molecule has 0 unspecified atom stereocenters. The molecule has 0 bridgehead atoms. The Balaban J connectivity index is 0. The molecule has 3 heteroatoms. The highest BCUT2D eigenvalue weighted by molar-refractivity contribution is 14.3.